The molecule has 1 N–H and O–H groups in total. The SMILES string of the molecule is C[C@H]1CCC[C@H](C(=O)OCCNC(=O)c2ccncc2)C1. The van der Waals surface area contributed by atoms with Gasteiger partial charge in [-0.3, -0.25) is 14.6 Å². The second-order valence-corrected chi connectivity index (χ2v) is 5.63. The Morgan fingerprint density at radius 3 is 2.81 bits per heavy atom. The van der Waals surface area contributed by atoms with Crippen molar-refractivity contribution in [1.82, 2.24) is 10.3 Å². The molecule has 0 aromatic carbocycles. The molecule has 0 unspecified atom stereocenters. The second kappa shape index (κ2) is 7.76. The molecule has 1 saturated carbocycles. The number of ether oxygens (including phenoxy) is 1. The number of aromatic nitrogens is 1. The lowest BCUT2D eigenvalue weighted by Gasteiger charge is -2.25. The Morgan fingerprint density at radius 1 is 1.33 bits per heavy atom. The zero-order chi connectivity index (χ0) is 15.1. The molecule has 2 rings (SSSR count). The van der Waals surface area contributed by atoms with E-state index in [2.05, 4.69) is 17.2 Å². The zero-order valence-electron chi connectivity index (χ0n) is 12.4. The highest BCUT2D eigenvalue weighted by Crippen LogP contribution is 2.29. The number of nitrogens with zero attached hydrogens (tertiary/aromatic N) is 1. The van der Waals surface area contributed by atoms with E-state index in [1.165, 1.54) is 6.42 Å². The van der Waals surface area contributed by atoms with E-state index in [0.717, 1.165) is 19.3 Å². The molecule has 1 heterocycles. The quantitative estimate of drug-likeness (QED) is 0.666. The van der Waals surface area contributed by atoms with Gasteiger partial charge in [-0.1, -0.05) is 19.8 Å². The zero-order valence-corrected chi connectivity index (χ0v) is 12.4. The van der Waals surface area contributed by atoms with Gasteiger partial charge in [0.2, 0.25) is 0 Å². The molecule has 1 fully saturated rings. The monoisotopic (exact) mass is 290 g/mol. The van der Waals surface area contributed by atoms with Crippen molar-refractivity contribution in [2.24, 2.45) is 11.8 Å². The third kappa shape index (κ3) is 4.85. The fraction of sp³-hybridized carbons (Fsp3) is 0.562. The third-order valence-electron chi connectivity index (χ3n) is 3.84. The van der Waals surface area contributed by atoms with Gasteiger partial charge in [0, 0.05) is 18.0 Å². The summed E-state index contributed by atoms with van der Waals surface area (Å²) < 4.78 is 5.25. The predicted octanol–water partition coefficient (Wildman–Crippen LogP) is 2.18. The Morgan fingerprint density at radius 2 is 2.10 bits per heavy atom. The van der Waals surface area contributed by atoms with Crippen LogP contribution in [-0.2, 0) is 9.53 Å². The first kappa shape index (κ1) is 15.5. The summed E-state index contributed by atoms with van der Waals surface area (Å²) in [6.07, 6.45) is 7.28. The molecule has 21 heavy (non-hydrogen) atoms. The van der Waals surface area contributed by atoms with Crippen molar-refractivity contribution in [1.29, 1.82) is 0 Å². The van der Waals surface area contributed by atoms with E-state index in [-0.39, 0.29) is 24.4 Å². The van der Waals surface area contributed by atoms with Gasteiger partial charge in [0.15, 0.2) is 0 Å². The fourth-order valence-corrected chi connectivity index (χ4v) is 2.69. The average molecular weight is 290 g/mol. The number of esters is 1. The summed E-state index contributed by atoms with van der Waals surface area (Å²) in [6.45, 7) is 2.73. The van der Waals surface area contributed by atoms with Gasteiger partial charge in [-0.2, -0.15) is 0 Å². The molecular weight excluding hydrogens is 268 g/mol. The van der Waals surface area contributed by atoms with Crippen LogP contribution in [0.2, 0.25) is 0 Å². The van der Waals surface area contributed by atoms with E-state index in [1.807, 2.05) is 0 Å². The average Bonchev–Trinajstić information content (AvgIpc) is 2.52. The molecule has 1 aromatic heterocycles. The van der Waals surface area contributed by atoms with Crippen LogP contribution in [0.1, 0.15) is 43.0 Å². The smallest absolute Gasteiger partial charge is 0.309 e. The number of hydrogen-bond acceptors (Lipinski definition) is 4. The van der Waals surface area contributed by atoms with E-state index in [4.69, 9.17) is 4.74 Å². The number of nitrogens with one attached hydrogen (secondary N) is 1. The number of carbonyl (C=O) groups is 2. The van der Waals surface area contributed by atoms with Crippen molar-refractivity contribution in [2.45, 2.75) is 32.6 Å². The summed E-state index contributed by atoms with van der Waals surface area (Å²) in [5.41, 5.74) is 0.553. The summed E-state index contributed by atoms with van der Waals surface area (Å²) >= 11 is 0. The summed E-state index contributed by atoms with van der Waals surface area (Å²) in [4.78, 5) is 27.5. The van der Waals surface area contributed by atoms with Crippen LogP contribution in [-0.4, -0.2) is 30.0 Å². The van der Waals surface area contributed by atoms with Crippen molar-refractivity contribution >= 4 is 11.9 Å². The molecule has 1 aliphatic rings. The molecule has 0 spiro atoms. The van der Waals surface area contributed by atoms with Gasteiger partial charge in [0.05, 0.1) is 12.5 Å². The lowest BCUT2D eigenvalue weighted by Crippen LogP contribution is -2.30. The molecule has 5 heteroatoms. The molecule has 1 aliphatic carbocycles. The van der Waals surface area contributed by atoms with E-state index in [1.54, 1.807) is 24.5 Å². The summed E-state index contributed by atoms with van der Waals surface area (Å²) in [5.74, 6) is 0.326. The second-order valence-electron chi connectivity index (χ2n) is 5.63. The Hall–Kier alpha value is -1.91. The first-order valence-corrected chi connectivity index (χ1v) is 7.51. The third-order valence-corrected chi connectivity index (χ3v) is 3.84. The number of carbonyl (C=O) groups excluding carboxylic acids is 2. The van der Waals surface area contributed by atoms with Gasteiger partial charge in [-0.25, -0.2) is 0 Å². The van der Waals surface area contributed by atoms with Crippen molar-refractivity contribution in [3.63, 3.8) is 0 Å². The highest BCUT2D eigenvalue weighted by molar-refractivity contribution is 5.93. The Balaban J connectivity index is 1.65. The summed E-state index contributed by atoms with van der Waals surface area (Å²) in [7, 11) is 0. The fourth-order valence-electron chi connectivity index (χ4n) is 2.69. The Kier molecular flexibility index (Phi) is 5.72. The van der Waals surface area contributed by atoms with Crippen LogP contribution in [0.15, 0.2) is 24.5 Å². The topological polar surface area (TPSA) is 68.3 Å². The number of pyridine rings is 1. The van der Waals surface area contributed by atoms with Crippen LogP contribution in [0.25, 0.3) is 0 Å². The van der Waals surface area contributed by atoms with Crippen molar-refractivity contribution in [3.05, 3.63) is 30.1 Å². The van der Waals surface area contributed by atoms with Crippen LogP contribution in [0.3, 0.4) is 0 Å². The standard InChI is InChI=1S/C16H22N2O3/c1-12-3-2-4-14(11-12)16(20)21-10-9-18-15(19)13-5-7-17-8-6-13/h5-8,12,14H,2-4,9-11H2,1H3,(H,18,19)/t12-,14-/m0/s1. The first-order chi connectivity index (χ1) is 10.2. The molecule has 0 aliphatic heterocycles. The van der Waals surface area contributed by atoms with Crippen LogP contribution in [0, 0.1) is 11.8 Å². The molecule has 1 aromatic rings. The minimum Gasteiger partial charge on any atom is -0.464 e. The van der Waals surface area contributed by atoms with E-state index >= 15 is 0 Å². The molecule has 1 amide bonds. The number of rotatable bonds is 5. The Bertz CT molecular complexity index is 476. The lowest BCUT2D eigenvalue weighted by atomic mass is 9.82. The molecule has 2 atom stereocenters. The number of hydrogen-bond donors (Lipinski definition) is 1. The molecular formula is C16H22N2O3. The summed E-state index contributed by atoms with van der Waals surface area (Å²) in [6, 6.07) is 3.29. The molecule has 114 valence electrons. The summed E-state index contributed by atoms with van der Waals surface area (Å²) in [5, 5.41) is 2.72. The van der Waals surface area contributed by atoms with Crippen molar-refractivity contribution in [2.75, 3.05) is 13.2 Å². The van der Waals surface area contributed by atoms with Crippen LogP contribution >= 0.6 is 0 Å². The van der Waals surface area contributed by atoms with Crippen LogP contribution < -0.4 is 5.32 Å². The van der Waals surface area contributed by atoms with E-state index < -0.39 is 0 Å². The predicted molar refractivity (Wildman–Crippen MR) is 78.7 cm³/mol. The molecule has 0 bridgehead atoms. The first-order valence-electron chi connectivity index (χ1n) is 7.51. The van der Waals surface area contributed by atoms with E-state index in [9.17, 15) is 9.59 Å². The normalized spacial score (nSPS) is 21.6. The van der Waals surface area contributed by atoms with E-state index in [0.29, 0.717) is 18.0 Å². The van der Waals surface area contributed by atoms with Gasteiger partial charge in [0.25, 0.3) is 5.91 Å². The minimum absolute atomic E-state index is 0.0321. The maximum Gasteiger partial charge on any atom is 0.309 e. The van der Waals surface area contributed by atoms with Gasteiger partial charge in [-0.15, -0.1) is 0 Å². The van der Waals surface area contributed by atoms with Crippen molar-refractivity contribution < 1.29 is 14.3 Å². The highest BCUT2D eigenvalue weighted by Gasteiger charge is 2.26. The van der Waals surface area contributed by atoms with Gasteiger partial charge in [0.1, 0.15) is 6.61 Å². The molecule has 5 nitrogen and oxygen atoms in total. The maximum atomic E-state index is 11.9. The number of amides is 1. The molecule has 0 saturated heterocycles. The van der Waals surface area contributed by atoms with Gasteiger partial charge < -0.3 is 10.1 Å². The van der Waals surface area contributed by atoms with Gasteiger partial charge in [-0.05, 0) is 30.9 Å². The van der Waals surface area contributed by atoms with Crippen molar-refractivity contribution in [3.8, 4) is 0 Å². The Labute approximate surface area is 125 Å². The molecule has 0 radical (unpaired) electrons. The van der Waals surface area contributed by atoms with Gasteiger partial charge >= 0.3 is 5.97 Å². The maximum absolute atomic E-state index is 11.9. The van der Waals surface area contributed by atoms with Crippen LogP contribution in [0.4, 0.5) is 0 Å². The largest absolute Gasteiger partial charge is 0.464 e. The highest BCUT2D eigenvalue weighted by atomic mass is 16.5. The lowest BCUT2D eigenvalue weighted by molar-refractivity contribution is -0.150. The van der Waals surface area contributed by atoms with Crippen LogP contribution in [0.5, 0.6) is 0 Å². The minimum atomic E-state index is -0.181.